The number of aromatic nitrogens is 2. The summed E-state index contributed by atoms with van der Waals surface area (Å²) in [5, 5.41) is 13.3. The first-order valence-corrected chi connectivity index (χ1v) is 6.89. The molecule has 1 N–H and O–H groups in total. The Hall–Kier alpha value is -2.63. The number of carboxylic acid groups (broad SMARTS) is 1. The predicted octanol–water partition coefficient (Wildman–Crippen LogP) is 2.58. The summed E-state index contributed by atoms with van der Waals surface area (Å²) in [7, 11) is 1.62. The van der Waals surface area contributed by atoms with Crippen molar-refractivity contribution in [1.82, 2.24) is 9.78 Å². The molecule has 2 rings (SSSR count). The molecule has 1 amide bonds. The molecule has 0 aliphatic rings. The molecule has 1 heterocycles. The normalized spacial score (nSPS) is 11.3. The van der Waals surface area contributed by atoms with Gasteiger partial charge in [0.1, 0.15) is 5.82 Å². The van der Waals surface area contributed by atoms with Crippen LogP contribution in [-0.4, -0.2) is 33.8 Å². The zero-order valence-corrected chi connectivity index (χ0v) is 13.1. The number of carboxylic acids is 1. The number of para-hydroxylation sites is 1. The molecular formula is C16H19N3O3. The number of carbonyl (C=O) groups is 2. The van der Waals surface area contributed by atoms with Crippen LogP contribution in [0.4, 0.5) is 5.82 Å². The molecule has 0 saturated heterocycles. The van der Waals surface area contributed by atoms with Crippen LogP contribution >= 0.6 is 0 Å². The zero-order valence-electron chi connectivity index (χ0n) is 13.1. The standard InChI is InChI=1S/C16H19N3O3/c1-16(2,3)15(22)18(4)13-10-12(14(20)21)17-19(13)11-8-6-5-7-9-11/h5-10H,1-4H3,(H,20,21). The quantitative estimate of drug-likeness (QED) is 0.945. The van der Waals surface area contributed by atoms with Crippen LogP contribution in [0.25, 0.3) is 5.69 Å². The van der Waals surface area contributed by atoms with Gasteiger partial charge < -0.3 is 5.11 Å². The Bertz CT molecular complexity index is 699. The molecule has 116 valence electrons. The minimum absolute atomic E-state index is 0.104. The second kappa shape index (κ2) is 5.63. The number of nitrogens with zero attached hydrogens (tertiary/aromatic N) is 3. The van der Waals surface area contributed by atoms with Crippen LogP contribution < -0.4 is 4.90 Å². The van der Waals surface area contributed by atoms with Gasteiger partial charge in [-0.2, -0.15) is 5.10 Å². The van der Waals surface area contributed by atoms with Gasteiger partial charge in [0.2, 0.25) is 5.91 Å². The van der Waals surface area contributed by atoms with Crippen molar-refractivity contribution in [3.63, 3.8) is 0 Å². The van der Waals surface area contributed by atoms with Gasteiger partial charge in [-0.15, -0.1) is 0 Å². The van der Waals surface area contributed by atoms with Crippen molar-refractivity contribution in [3.8, 4) is 5.69 Å². The molecule has 0 bridgehead atoms. The van der Waals surface area contributed by atoms with Gasteiger partial charge in [0, 0.05) is 18.5 Å². The van der Waals surface area contributed by atoms with Crippen molar-refractivity contribution in [1.29, 1.82) is 0 Å². The van der Waals surface area contributed by atoms with Gasteiger partial charge in [0.05, 0.1) is 5.69 Å². The van der Waals surface area contributed by atoms with E-state index in [9.17, 15) is 14.7 Å². The van der Waals surface area contributed by atoms with Gasteiger partial charge in [-0.1, -0.05) is 39.0 Å². The van der Waals surface area contributed by atoms with E-state index in [0.717, 1.165) is 0 Å². The summed E-state index contributed by atoms with van der Waals surface area (Å²) >= 11 is 0. The van der Waals surface area contributed by atoms with Crippen molar-refractivity contribution in [2.75, 3.05) is 11.9 Å². The Kier molecular flexibility index (Phi) is 4.03. The molecule has 0 unspecified atom stereocenters. The van der Waals surface area contributed by atoms with Gasteiger partial charge in [-0.05, 0) is 12.1 Å². The molecule has 0 aliphatic carbocycles. The first kappa shape index (κ1) is 15.8. The lowest BCUT2D eigenvalue weighted by atomic mass is 9.95. The summed E-state index contributed by atoms with van der Waals surface area (Å²) in [5.74, 6) is -0.836. The second-order valence-corrected chi connectivity index (χ2v) is 6.05. The highest BCUT2D eigenvalue weighted by Crippen LogP contribution is 2.25. The number of hydrogen-bond donors (Lipinski definition) is 1. The first-order valence-electron chi connectivity index (χ1n) is 6.89. The van der Waals surface area contributed by atoms with Crippen LogP contribution in [0.2, 0.25) is 0 Å². The van der Waals surface area contributed by atoms with Gasteiger partial charge in [0.25, 0.3) is 0 Å². The van der Waals surface area contributed by atoms with Crippen molar-refractivity contribution in [2.45, 2.75) is 20.8 Å². The van der Waals surface area contributed by atoms with E-state index in [1.807, 2.05) is 39.0 Å². The molecule has 1 aromatic carbocycles. The van der Waals surface area contributed by atoms with Crippen LogP contribution in [0.1, 0.15) is 31.3 Å². The Morgan fingerprint density at radius 2 is 1.77 bits per heavy atom. The van der Waals surface area contributed by atoms with Gasteiger partial charge in [0.15, 0.2) is 5.69 Å². The molecule has 0 radical (unpaired) electrons. The van der Waals surface area contributed by atoms with E-state index in [2.05, 4.69) is 5.10 Å². The number of rotatable bonds is 3. The molecule has 0 aliphatic heterocycles. The summed E-state index contributed by atoms with van der Waals surface area (Å²) in [6, 6.07) is 10.5. The van der Waals surface area contributed by atoms with Crippen LogP contribution in [0.3, 0.4) is 0 Å². The molecule has 0 saturated carbocycles. The molecule has 2 aromatic rings. The fourth-order valence-corrected chi connectivity index (χ4v) is 2.08. The fourth-order valence-electron chi connectivity index (χ4n) is 2.08. The maximum atomic E-state index is 12.5. The third kappa shape index (κ3) is 3.00. The summed E-state index contributed by atoms with van der Waals surface area (Å²) in [5.41, 5.74) is 0.00942. The molecule has 0 spiro atoms. The molecule has 6 heteroatoms. The largest absolute Gasteiger partial charge is 0.476 e. The van der Waals surface area contributed by atoms with Gasteiger partial charge in [-0.3, -0.25) is 9.69 Å². The van der Waals surface area contributed by atoms with E-state index in [1.165, 1.54) is 15.6 Å². The lowest BCUT2D eigenvalue weighted by molar-refractivity contribution is -0.125. The number of carbonyl (C=O) groups excluding carboxylic acids is 1. The highest BCUT2D eigenvalue weighted by Gasteiger charge is 2.29. The Labute approximate surface area is 129 Å². The summed E-state index contributed by atoms with van der Waals surface area (Å²) in [6.45, 7) is 5.44. The summed E-state index contributed by atoms with van der Waals surface area (Å²) in [4.78, 5) is 25.1. The number of anilines is 1. The number of amides is 1. The van der Waals surface area contributed by atoms with Gasteiger partial charge >= 0.3 is 5.97 Å². The monoisotopic (exact) mass is 301 g/mol. The highest BCUT2D eigenvalue weighted by atomic mass is 16.4. The number of benzene rings is 1. The van der Waals surface area contributed by atoms with Crippen molar-refractivity contribution < 1.29 is 14.7 Å². The fraction of sp³-hybridized carbons (Fsp3) is 0.312. The molecule has 0 atom stereocenters. The summed E-state index contributed by atoms with van der Waals surface area (Å²) in [6.07, 6.45) is 0. The second-order valence-electron chi connectivity index (χ2n) is 6.05. The van der Waals surface area contributed by atoms with Crippen LogP contribution in [0.5, 0.6) is 0 Å². The van der Waals surface area contributed by atoms with Crippen molar-refractivity contribution >= 4 is 17.7 Å². The first-order chi connectivity index (χ1) is 10.2. The van der Waals surface area contributed by atoms with E-state index in [0.29, 0.717) is 11.5 Å². The average molecular weight is 301 g/mol. The molecule has 22 heavy (non-hydrogen) atoms. The van der Waals surface area contributed by atoms with E-state index >= 15 is 0 Å². The topological polar surface area (TPSA) is 75.4 Å². The minimum Gasteiger partial charge on any atom is -0.476 e. The summed E-state index contributed by atoms with van der Waals surface area (Å²) < 4.78 is 1.47. The molecule has 6 nitrogen and oxygen atoms in total. The maximum Gasteiger partial charge on any atom is 0.356 e. The van der Waals surface area contributed by atoms with Crippen LogP contribution in [-0.2, 0) is 4.79 Å². The zero-order chi connectivity index (χ0) is 16.5. The van der Waals surface area contributed by atoms with E-state index in [-0.39, 0.29) is 11.6 Å². The lowest BCUT2D eigenvalue weighted by Crippen LogP contribution is -2.37. The third-order valence-electron chi connectivity index (χ3n) is 3.20. The van der Waals surface area contributed by atoms with E-state index in [4.69, 9.17) is 0 Å². The molecule has 1 aromatic heterocycles. The van der Waals surface area contributed by atoms with E-state index in [1.54, 1.807) is 19.2 Å². The molecule has 0 fully saturated rings. The van der Waals surface area contributed by atoms with Crippen molar-refractivity contribution in [2.24, 2.45) is 5.41 Å². The van der Waals surface area contributed by atoms with Gasteiger partial charge in [-0.25, -0.2) is 9.48 Å². The third-order valence-corrected chi connectivity index (χ3v) is 3.20. The Balaban J connectivity index is 2.55. The Morgan fingerprint density at radius 1 is 1.18 bits per heavy atom. The van der Waals surface area contributed by atoms with Crippen LogP contribution in [0.15, 0.2) is 36.4 Å². The lowest BCUT2D eigenvalue weighted by Gasteiger charge is -2.26. The highest BCUT2D eigenvalue weighted by molar-refractivity contribution is 5.97. The maximum absolute atomic E-state index is 12.5. The SMILES string of the molecule is CN(C(=O)C(C)(C)C)c1cc(C(=O)O)nn1-c1ccccc1. The van der Waals surface area contributed by atoms with Crippen molar-refractivity contribution in [3.05, 3.63) is 42.1 Å². The predicted molar refractivity (Wildman–Crippen MR) is 83.4 cm³/mol. The Morgan fingerprint density at radius 3 is 2.27 bits per heavy atom. The number of hydrogen-bond acceptors (Lipinski definition) is 3. The van der Waals surface area contributed by atoms with Crippen LogP contribution in [0, 0.1) is 5.41 Å². The average Bonchev–Trinajstić information content (AvgIpc) is 2.91. The number of aromatic carboxylic acids is 1. The smallest absolute Gasteiger partial charge is 0.356 e. The van der Waals surface area contributed by atoms with E-state index < -0.39 is 11.4 Å². The minimum atomic E-state index is -1.13. The molecular weight excluding hydrogens is 282 g/mol.